The number of esters is 1. The summed E-state index contributed by atoms with van der Waals surface area (Å²) in [5, 5.41) is 2.51. The van der Waals surface area contributed by atoms with Gasteiger partial charge >= 0.3 is 5.97 Å². The number of anilines is 1. The lowest BCUT2D eigenvalue weighted by atomic mass is 10.2. The Hall–Kier alpha value is -2.87. The zero-order valence-corrected chi connectivity index (χ0v) is 16.2. The highest BCUT2D eigenvalue weighted by atomic mass is 32.2. The molecule has 2 rings (SSSR count). The molecule has 0 aliphatic heterocycles. The van der Waals surface area contributed by atoms with Gasteiger partial charge in [0.25, 0.3) is 15.9 Å². The van der Waals surface area contributed by atoms with E-state index in [4.69, 9.17) is 4.74 Å². The van der Waals surface area contributed by atoms with Gasteiger partial charge in [-0.25, -0.2) is 13.2 Å². The van der Waals surface area contributed by atoms with Crippen molar-refractivity contribution < 1.29 is 22.7 Å². The van der Waals surface area contributed by atoms with Gasteiger partial charge in [0, 0.05) is 13.6 Å². The summed E-state index contributed by atoms with van der Waals surface area (Å²) in [6.07, 6.45) is 0. The first-order valence-corrected chi connectivity index (χ1v) is 9.79. The molecule has 0 spiro atoms. The molecule has 0 aromatic heterocycles. The first kappa shape index (κ1) is 20.4. The monoisotopic (exact) mass is 390 g/mol. The van der Waals surface area contributed by atoms with Crippen molar-refractivity contribution in [3.8, 4) is 0 Å². The summed E-state index contributed by atoms with van der Waals surface area (Å²) >= 11 is 0. The number of aryl methyl sites for hydroxylation is 1. The van der Waals surface area contributed by atoms with Crippen LogP contribution in [0.1, 0.15) is 22.8 Å². The Balaban J connectivity index is 2.21. The minimum absolute atomic E-state index is 0.0435. The molecule has 2 aromatic rings. The first-order valence-electron chi connectivity index (χ1n) is 8.35. The van der Waals surface area contributed by atoms with Gasteiger partial charge in [0.1, 0.15) is 0 Å². The van der Waals surface area contributed by atoms with Gasteiger partial charge in [-0.05, 0) is 44.2 Å². The van der Waals surface area contributed by atoms with Crippen molar-refractivity contribution >= 4 is 27.6 Å². The minimum atomic E-state index is -3.85. The molecule has 0 saturated carbocycles. The third-order valence-corrected chi connectivity index (χ3v) is 5.62. The topological polar surface area (TPSA) is 92.8 Å². The van der Waals surface area contributed by atoms with Crippen LogP contribution in [-0.4, -0.2) is 40.5 Å². The van der Waals surface area contributed by atoms with Crippen LogP contribution in [0.2, 0.25) is 0 Å². The zero-order valence-electron chi connectivity index (χ0n) is 15.4. The number of likely N-dealkylation sites (N-methyl/N-ethyl adjacent to an activating group) is 1. The van der Waals surface area contributed by atoms with E-state index in [0.29, 0.717) is 12.2 Å². The van der Waals surface area contributed by atoms with E-state index in [1.807, 2.05) is 19.1 Å². The van der Waals surface area contributed by atoms with Crippen LogP contribution in [0.25, 0.3) is 0 Å². The predicted molar refractivity (Wildman–Crippen MR) is 102 cm³/mol. The summed E-state index contributed by atoms with van der Waals surface area (Å²) < 4.78 is 31.8. The van der Waals surface area contributed by atoms with Crippen LogP contribution in [0.3, 0.4) is 0 Å². The molecule has 1 amide bonds. The number of carbonyl (C=O) groups excluding carboxylic acids is 2. The smallest absolute Gasteiger partial charge is 0.338 e. The van der Waals surface area contributed by atoms with Crippen molar-refractivity contribution in [2.75, 3.05) is 24.5 Å². The number of benzene rings is 2. The Morgan fingerprint density at radius 1 is 1.11 bits per heavy atom. The van der Waals surface area contributed by atoms with E-state index in [1.54, 1.807) is 19.1 Å². The van der Waals surface area contributed by atoms with Crippen LogP contribution in [0, 0.1) is 6.92 Å². The molecule has 2 aromatic carbocycles. The fourth-order valence-electron chi connectivity index (χ4n) is 2.30. The van der Waals surface area contributed by atoms with E-state index >= 15 is 0 Å². The van der Waals surface area contributed by atoms with E-state index in [2.05, 4.69) is 5.32 Å². The summed E-state index contributed by atoms with van der Waals surface area (Å²) in [4.78, 5) is 23.4. The normalized spacial score (nSPS) is 10.9. The summed E-state index contributed by atoms with van der Waals surface area (Å²) in [5.41, 5.74) is 1.57. The molecule has 0 fully saturated rings. The quantitative estimate of drug-likeness (QED) is 0.731. The van der Waals surface area contributed by atoms with Gasteiger partial charge < -0.3 is 10.1 Å². The number of sulfonamides is 1. The Morgan fingerprint density at radius 3 is 2.41 bits per heavy atom. The van der Waals surface area contributed by atoms with E-state index < -0.39 is 28.5 Å². The summed E-state index contributed by atoms with van der Waals surface area (Å²) in [6.45, 7) is 3.66. The van der Waals surface area contributed by atoms with Crippen LogP contribution in [0.5, 0.6) is 0 Å². The second-order valence-electron chi connectivity index (χ2n) is 5.87. The number of rotatable bonds is 7. The van der Waals surface area contributed by atoms with Gasteiger partial charge in [-0.1, -0.05) is 23.8 Å². The lowest BCUT2D eigenvalue weighted by Crippen LogP contribution is -2.28. The van der Waals surface area contributed by atoms with Crippen molar-refractivity contribution in [3.05, 3.63) is 59.7 Å². The average molecular weight is 390 g/mol. The summed E-state index contributed by atoms with van der Waals surface area (Å²) in [6, 6.07) is 12.6. The minimum Gasteiger partial charge on any atom is -0.452 e. The van der Waals surface area contributed by atoms with Crippen LogP contribution in [0.4, 0.5) is 5.69 Å². The Morgan fingerprint density at radius 2 is 1.78 bits per heavy atom. The number of nitrogens with zero attached hydrogens (tertiary/aromatic N) is 1. The Kier molecular flexibility index (Phi) is 6.57. The number of ether oxygens (including phenoxy) is 1. The van der Waals surface area contributed by atoms with Crippen LogP contribution >= 0.6 is 0 Å². The summed E-state index contributed by atoms with van der Waals surface area (Å²) in [7, 11) is -2.41. The van der Waals surface area contributed by atoms with Crippen LogP contribution in [0.15, 0.2) is 53.4 Å². The van der Waals surface area contributed by atoms with Crippen LogP contribution < -0.4 is 9.62 Å². The maximum Gasteiger partial charge on any atom is 0.338 e. The lowest BCUT2D eigenvalue weighted by Gasteiger charge is -2.20. The molecule has 7 nitrogen and oxygen atoms in total. The molecule has 0 bridgehead atoms. The van der Waals surface area contributed by atoms with Crippen molar-refractivity contribution in [2.24, 2.45) is 0 Å². The number of hydrogen-bond acceptors (Lipinski definition) is 5. The average Bonchev–Trinajstić information content (AvgIpc) is 2.66. The van der Waals surface area contributed by atoms with E-state index in [0.717, 1.165) is 9.87 Å². The Bertz CT molecular complexity index is 923. The fourth-order valence-corrected chi connectivity index (χ4v) is 3.54. The second kappa shape index (κ2) is 8.68. The first-order chi connectivity index (χ1) is 12.8. The molecule has 27 heavy (non-hydrogen) atoms. The molecule has 1 N–H and O–H groups in total. The number of carbonyl (C=O) groups is 2. The lowest BCUT2D eigenvalue weighted by molar-refractivity contribution is -0.124. The summed E-state index contributed by atoms with van der Waals surface area (Å²) in [5.74, 6) is -1.19. The van der Waals surface area contributed by atoms with Crippen molar-refractivity contribution in [3.63, 3.8) is 0 Å². The zero-order chi connectivity index (χ0) is 20.0. The molecule has 144 valence electrons. The molecule has 0 aliphatic rings. The SMILES string of the molecule is CCNC(=O)COC(=O)c1cccc(S(=O)(=O)N(C)c2ccc(C)cc2)c1. The molecule has 0 heterocycles. The molecule has 0 unspecified atom stereocenters. The van der Waals surface area contributed by atoms with Gasteiger partial charge in [-0.2, -0.15) is 0 Å². The van der Waals surface area contributed by atoms with Gasteiger partial charge in [-0.15, -0.1) is 0 Å². The maximum absolute atomic E-state index is 12.9. The molecule has 0 radical (unpaired) electrons. The van der Waals surface area contributed by atoms with Gasteiger partial charge in [0.05, 0.1) is 16.1 Å². The fraction of sp³-hybridized carbons (Fsp3) is 0.263. The third kappa shape index (κ3) is 5.07. The highest BCUT2D eigenvalue weighted by Crippen LogP contribution is 2.23. The molecule has 0 aliphatic carbocycles. The third-order valence-electron chi connectivity index (χ3n) is 3.83. The van der Waals surface area contributed by atoms with Gasteiger partial charge in [0.2, 0.25) is 0 Å². The van der Waals surface area contributed by atoms with Crippen molar-refractivity contribution in [2.45, 2.75) is 18.7 Å². The van der Waals surface area contributed by atoms with Gasteiger partial charge in [0.15, 0.2) is 6.61 Å². The largest absolute Gasteiger partial charge is 0.452 e. The maximum atomic E-state index is 12.9. The molecular formula is C19H22N2O5S. The molecular weight excluding hydrogens is 368 g/mol. The second-order valence-corrected chi connectivity index (χ2v) is 7.83. The number of hydrogen-bond donors (Lipinski definition) is 1. The Labute approximate surface area is 159 Å². The number of nitrogens with one attached hydrogen (secondary N) is 1. The molecule has 8 heteroatoms. The number of amides is 1. The highest BCUT2D eigenvalue weighted by Gasteiger charge is 2.23. The van der Waals surface area contributed by atoms with E-state index in [1.165, 1.54) is 31.3 Å². The van der Waals surface area contributed by atoms with Gasteiger partial charge in [-0.3, -0.25) is 9.10 Å². The predicted octanol–water partition coefficient (Wildman–Crippen LogP) is 2.11. The van der Waals surface area contributed by atoms with Crippen LogP contribution in [-0.2, 0) is 19.6 Å². The van der Waals surface area contributed by atoms with Crippen molar-refractivity contribution in [1.29, 1.82) is 0 Å². The molecule has 0 saturated heterocycles. The standard InChI is InChI=1S/C19H22N2O5S/c1-4-20-18(22)13-26-19(23)15-6-5-7-17(12-15)27(24,25)21(3)16-10-8-14(2)9-11-16/h5-12H,4,13H2,1-3H3,(H,20,22). The van der Waals surface area contributed by atoms with E-state index in [9.17, 15) is 18.0 Å². The molecule has 0 atom stereocenters. The van der Waals surface area contributed by atoms with E-state index in [-0.39, 0.29) is 10.5 Å². The van der Waals surface area contributed by atoms with Crippen molar-refractivity contribution in [1.82, 2.24) is 5.32 Å². The highest BCUT2D eigenvalue weighted by molar-refractivity contribution is 7.92.